The van der Waals surface area contributed by atoms with Crippen molar-refractivity contribution in [3.63, 3.8) is 0 Å². The van der Waals surface area contributed by atoms with Crippen molar-refractivity contribution in [1.29, 1.82) is 0 Å². The summed E-state index contributed by atoms with van der Waals surface area (Å²) in [5.41, 5.74) is 0. The van der Waals surface area contributed by atoms with Gasteiger partial charge in [0.15, 0.2) is 0 Å². The summed E-state index contributed by atoms with van der Waals surface area (Å²) < 4.78 is 0. The van der Waals surface area contributed by atoms with Crippen LogP contribution in [0.5, 0.6) is 0 Å². The maximum atomic E-state index is 4.46. The Balaban J connectivity index is -0.0000000933. The minimum absolute atomic E-state index is 0. The quantitative estimate of drug-likeness (QED) is 0.326. The third kappa shape index (κ3) is 43.9. The van der Waals surface area contributed by atoms with Crippen LogP contribution in [0.15, 0.2) is 4.99 Å². The van der Waals surface area contributed by atoms with Crippen molar-refractivity contribution in [2.45, 2.75) is 67.5 Å². The van der Waals surface area contributed by atoms with Crippen molar-refractivity contribution in [2.75, 3.05) is 54.4 Å². The van der Waals surface area contributed by atoms with Crippen LogP contribution in [0.1, 0.15) is 55.4 Å². The molecule has 0 aliphatic carbocycles. The molecule has 0 radical (unpaired) electrons. The molecule has 0 saturated heterocycles. The van der Waals surface area contributed by atoms with Crippen LogP contribution in [0.25, 0.3) is 21.3 Å². The van der Waals surface area contributed by atoms with Crippen LogP contribution in [0.3, 0.4) is 0 Å². The molecule has 0 aliphatic heterocycles. The molecule has 0 rings (SSSR count). The molecule has 7 heteroatoms. The normalized spacial score (nSPS) is 9.69. The van der Waals surface area contributed by atoms with Gasteiger partial charge in [0.25, 0.3) is 0 Å². The Hall–Kier alpha value is -0.136. The molecule has 0 aromatic rings. The van der Waals surface area contributed by atoms with E-state index in [4.69, 9.17) is 0 Å². The first-order valence-electron chi connectivity index (χ1n) is 9.38. The second kappa shape index (κ2) is 32.5. The van der Waals surface area contributed by atoms with E-state index in [1.165, 1.54) is 0 Å². The van der Waals surface area contributed by atoms with E-state index in [1.807, 2.05) is 27.8 Å². The van der Waals surface area contributed by atoms with Crippen molar-refractivity contribution < 1.29 is 21.7 Å². The third-order valence-corrected chi connectivity index (χ3v) is 2.51. The first kappa shape index (κ1) is 36.7. The smallest absolute Gasteiger partial charge is 0.665 e. The van der Waals surface area contributed by atoms with Gasteiger partial charge in [0, 0.05) is 5.96 Å². The maximum absolute atomic E-state index is 4.46. The zero-order valence-corrected chi connectivity index (χ0v) is 21.2. The van der Waals surface area contributed by atoms with Gasteiger partial charge in [0.1, 0.15) is 0 Å². The van der Waals surface area contributed by atoms with Crippen LogP contribution >= 0.6 is 0 Å². The fourth-order valence-corrected chi connectivity index (χ4v) is 0.834. The number of hydrogen-bond donors (Lipinski definition) is 0. The van der Waals surface area contributed by atoms with Crippen LogP contribution < -0.4 is 0 Å². The predicted molar refractivity (Wildman–Crippen MR) is 119 cm³/mol. The molecule has 26 heavy (non-hydrogen) atoms. The van der Waals surface area contributed by atoms with Crippen LogP contribution in [0.4, 0.5) is 0 Å². The van der Waals surface area contributed by atoms with Gasteiger partial charge < -0.3 is 31.2 Å². The Morgan fingerprint density at radius 2 is 1.12 bits per heavy atom. The van der Waals surface area contributed by atoms with Crippen LogP contribution in [0.2, 0.25) is 0 Å². The van der Waals surface area contributed by atoms with E-state index in [9.17, 15) is 0 Å². The van der Waals surface area contributed by atoms with Gasteiger partial charge in [0.05, 0.1) is 0 Å². The fourth-order valence-electron chi connectivity index (χ4n) is 0.834. The van der Waals surface area contributed by atoms with Gasteiger partial charge >= 0.3 is 21.7 Å². The van der Waals surface area contributed by atoms with Gasteiger partial charge in [0.2, 0.25) is 0 Å². The molecule has 156 valence electrons. The van der Waals surface area contributed by atoms with Crippen LogP contribution in [-0.4, -0.2) is 77.3 Å². The number of guanidine groups is 1. The molecular formula is C19H46N6Ti. The molecule has 0 spiro atoms. The number of aliphatic imine (C=N–C) groups is 1. The maximum Gasteiger partial charge on any atom is 4.00 e. The van der Waals surface area contributed by atoms with Crippen molar-refractivity contribution in [2.24, 2.45) is 4.99 Å². The topological polar surface area (TPSA) is 72.0 Å². The first-order chi connectivity index (χ1) is 11.7. The Morgan fingerprint density at radius 3 is 1.27 bits per heavy atom. The summed E-state index contributed by atoms with van der Waals surface area (Å²) in [7, 11) is 7.44. The van der Waals surface area contributed by atoms with Crippen molar-refractivity contribution in [3.05, 3.63) is 21.3 Å². The van der Waals surface area contributed by atoms with E-state index in [1.54, 1.807) is 21.1 Å². The summed E-state index contributed by atoms with van der Waals surface area (Å²) in [6.07, 6.45) is 0. The second-order valence-corrected chi connectivity index (χ2v) is 5.66. The second-order valence-electron chi connectivity index (χ2n) is 5.66. The summed E-state index contributed by atoms with van der Waals surface area (Å²) >= 11 is 0. The molecule has 0 aliphatic rings. The Kier molecular flexibility index (Phi) is 46.0. The van der Waals surface area contributed by atoms with E-state index in [0.29, 0.717) is 12.1 Å². The van der Waals surface area contributed by atoms with Gasteiger partial charge in [-0.2, -0.15) is 40.8 Å². The number of hydrogen-bond acceptors (Lipinski definition) is 1. The van der Waals surface area contributed by atoms with Crippen molar-refractivity contribution >= 4 is 5.96 Å². The molecule has 0 bridgehead atoms. The van der Waals surface area contributed by atoms with Gasteiger partial charge in [-0.05, 0) is 25.7 Å². The zero-order chi connectivity index (χ0) is 20.7. The first-order valence-corrected chi connectivity index (χ1v) is 9.38. The van der Waals surface area contributed by atoms with Gasteiger partial charge in [-0.15, -0.1) is 0 Å². The minimum Gasteiger partial charge on any atom is -0.665 e. The Labute approximate surface area is 180 Å². The molecule has 0 amide bonds. The molecule has 0 N–H and O–H groups in total. The van der Waals surface area contributed by atoms with E-state index >= 15 is 0 Å². The van der Waals surface area contributed by atoms with E-state index in [2.05, 4.69) is 65.8 Å². The Bertz CT molecular complexity index is 233. The molecular weight excluding hydrogens is 360 g/mol. The summed E-state index contributed by atoms with van der Waals surface area (Å²) in [6, 6.07) is 0.623. The van der Waals surface area contributed by atoms with Crippen LogP contribution in [0, 0.1) is 0 Å². The monoisotopic (exact) mass is 406 g/mol. The van der Waals surface area contributed by atoms with Crippen molar-refractivity contribution in [1.82, 2.24) is 4.90 Å². The molecule has 0 saturated carbocycles. The minimum atomic E-state index is 0. The average molecular weight is 406 g/mol. The molecule has 0 heterocycles. The SMILES string of the molecule is CCN(C)C(=NC(C)C)[N-]C(C)C.CC[N-]C.CC[N-]C.CC[N-]C.[Ti+4]. The Morgan fingerprint density at radius 1 is 0.808 bits per heavy atom. The molecule has 0 unspecified atom stereocenters. The largest absolute Gasteiger partial charge is 4.00 e. The van der Waals surface area contributed by atoms with Gasteiger partial charge in [-0.25, -0.2) is 0 Å². The standard InChI is InChI=1S/C10H22N3.3C3H8N.Ti/c1-7-13(6)10(11-8(2)3)12-9(4)5;3*1-3-4-2;/h8-9H,7H2,1-6H3;3*3H2,1-2H3;/q4*-1;+4. The average Bonchev–Trinajstić information content (AvgIpc) is 2.60. The number of nitrogens with zero attached hydrogens (tertiary/aromatic N) is 6. The fraction of sp³-hybridized carbons (Fsp3) is 0.947. The van der Waals surface area contributed by atoms with E-state index < -0.39 is 0 Å². The summed E-state index contributed by atoms with van der Waals surface area (Å²) in [4.78, 5) is 6.53. The predicted octanol–water partition coefficient (Wildman–Crippen LogP) is 5.51. The number of rotatable bonds is 6. The summed E-state index contributed by atoms with van der Waals surface area (Å²) in [6.45, 7) is 20.2. The molecule has 0 aromatic carbocycles. The van der Waals surface area contributed by atoms with Gasteiger partial charge in [-0.3, -0.25) is 0 Å². The molecule has 0 fully saturated rings. The van der Waals surface area contributed by atoms with E-state index in [-0.39, 0.29) is 21.7 Å². The molecule has 6 nitrogen and oxygen atoms in total. The van der Waals surface area contributed by atoms with E-state index in [0.717, 1.165) is 32.1 Å². The van der Waals surface area contributed by atoms with Crippen LogP contribution in [-0.2, 0) is 21.7 Å². The summed E-state index contributed by atoms with van der Waals surface area (Å²) in [5.74, 6) is 0.868. The molecule has 0 aromatic heterocycles. The third-order valence-electron chi connectivity index (χ3n) is 2.51. The van der Waals surface area contributed by atoms with Gasteiger partial charge in [-0.1, -0.05) is 55.4 Å². The summed E-state index contributed by atoms with van der Waals surface area (Å²) in [5, 5.41) is 15.7. The van der Waals surface area contributed by atoms with Crippen molar-refractivity contribution in [3.8, 4) is 0 Å². The molecule has 0 atom stereocenters. The zero-order valence-electron chi connectivity index (χ0n) is 19.7.